The van der Waals surface area contributed by atoms with Gasteiger partial charge < -0.3 is 10.4 Å². The summed E-state index contributed by atoms with van der Waals surface area (Å²) in [7, 11) is 0. The lowest BCUT2D eigenvalue weighted by Gasteiger charge is -2.09. The Balaban J connectivity index is 2.07. The maximum absolute atomic E-state index is 10.8. The highest BCUT2D eigenvalue weighted by Gasteiger charge is 2.29. The van der Waals surface area contributed by atoms with Crippen molar-refractivity contribution in [1.29, 1.82) is 0 Å². The van der Waals surface area contributed by atoms with Gasteiger partial charge in [0, 0.05) is 24.5 Å². The summed E-state index contributed by atoms with van der Waals surface area (Å²) in [5.41, 5.74) is 2.05. The molecule has 2 unspecified atom stereocenters. The van der Waals surface area contributed by atoms with E-state index in [9.17, 15) is 4.79 Å². The molecule has 1 aromatic rings. The summed E-state index contributed by atoms with van der Waals surface area (Å²) in [5.74, 6) is -0.985. The minimum atomic E-state index is -0.718. The predicted octanol–water partition coefficient (Wildman–Crippen LogP) is 1.13. The van der Waals surface area contributed by atoms with Gasteiger partial charge in [-0.2, -0.15) is 0 Å². The van der Waals surface area contributed by atoms with Gasteiger partial charge in [-0.3, -0.25) is 9.78 Å². The monoisotopic (exact) mass is 206 g/mol. The molecule has 2 rings (SSSR count). The average Bonchev–Trinajstić information content (AvgIpc) is 2.68. The highest BCUT2D eigenvalue weighted by atomic mass is 16.4. The first-order valence-electron chi connectivity index (χ1n) is 5.05. The van der Waals surface area contributed by atoms with Crippen LogP contribution < -0.4 is 5.32 Å². The number of pyridine rings is 1. The van der Waals surface area contributed by atoms with Crippen molar-refractivity contribution in [2.75, 3.05) is 6.54 Å². The third-order valence-electron chi connectivity index (χ3n) is 2.82. The van der Waals surface area contributed by atoms with Gasteiger partial charge in [-0.05, 0) is 25.0 Å². The molecule has 1 aliphatic heterocycles. The van der Waals surface area contributed by atoms with Crippen LogP contribution >= 0.6 is 0 Å². The molecular weight excluding hydrogens is 192 g/mol. The van der Waals surface area contributed by atoms with Crippen LogP contribution in [0.15, 0.2) is 18.3 Å². The zero-order valence-electron chi connectivity index (χ0n) is 8.60. The van der Waals surface area contributed by atoms with Crippen LogP contribution in [0.1, 0.15) is 23.7 Å². The first-order valence-corrected chi connectivity index (χ1v) is 5.05. The molecule has 0 aromatic carbocycles. The summed E-state index contributed by atoms with van der Waals surface area (Å²) in [6, 6.07) is 4.09. The van der Waals surface area contributed by atoms with Gasteiger partial charge in [-0.15, -0.1) is 0 Å². The van der Waals surface area contributed by atoms with Gasteiger partial charge >= 0.3 is 5.97 Å². The lowest BCUT2D eigenvalue weighted by molar-refractivity contribution is -0.141. The Morgan fingerprint density at radius 2 is 2.40 bits per heavy atom. The third-order valence-corrected chi connectivity index (χ3v) is 2.82. The van der Waals surface area contributed by atoms with E-state index in [2.05, 4.69) is 10.3 Å². The van der Waals surface area contributed by atoms with Crippen molar-refractivity contribution in [3.63, 3.8) is 0 Å². The van der Waals surface area contributed by atoms with Crippen molar-refractivity contribution < 1.29 is 9.90 Å². The quantitative estimate of drug-likeness (QED) is 0.761. The Kier molecular flexibility index (Phi) is 2.68. The summed E-state index contributed by atoms with van der Waals surface area (Å²) >= 11 is 0. The average molecular weight is 206 g/mol. The Morgan fingerprint density at radius 3 is 2.93 bits per heavy atom. The van der Waals surface area contributed by atoms with Crippen molar-refractivity contribution in [3.05, 3.63) is 29.6 Å². The van der Waals surface area contributed by atoms with Crippen molar-refractivity contribution in [1.82, 2.24) is 10.3 Å². The van der Waals surface area contributed by atoms with Crippen molar-refractivity contribution in [2.45, 2.75) is 19.4 Å². The van der Waals surface area contributed by atoms with Crippen molar-refractivity contribution in [3.8, 4) is 0 Å². The van der Waals surface area contributed by atoms with Crippen LogP contribution in [0.25, 0.3) is 0 Å². The van der Waals surface area contributed by atoms with Crippen LogP contribution in [-0.4, -0.2) is 22.6 Å². The molecule has 4 heteroatoms. The Morgan fingerprint density at radius 1 is 1.60 bits per heavy atom. The molecule has 80 valence electrons. The molecule has 0 amide bonds. The third kappa shape index (κ3) is 2.15. The summed E-state index contributed by atoms with van der Waals surface area (Å²) in [4.78, 5) is 15.0. The van der Waals surface area contributed by atoms with E-state index in [0.29, 0.717) is 13.0 Å². The molecule has 1 aromatic heterocycles. The number of rotatable bonds is 2. The second kappa shape index (κ2) is 3.98. The van der Waals surface area contributed by atoms with Crippen molar-refractivity contribution in [2.24, 2.45) is 5.92 Å². The number of hydrogen-bond acceptors (Lipinski definition) is 3. The maximum Gasteiger partial charge on any atom is 0.307 e. The smallest absolute Gasteiger partial charge is 0.307 e. The van der Waals surface area contributed by atoms with E-state index in [-0.39, 0.29) is 12.0 Å². The predicted molar refractivity (Wildman–Crippen MR) is 55.5 cm³/mol. The fourth-order valence-electron chi connectivity index (χ4n) is 1.86. The standard InChI is InChI=1S/C11H14N2O2/c1-7-2-3-8(5-12-7)10-4-9(6-13-10)11(14)15/h2-3,5,9-10,13H,4,6H2,1H3,(H,14,15). The highest BCUT2D eigenvalue weighted by Crippen LogP contribution is 2.26. The van der Waals surface area contributed by atoms with Crippen molar-refractivity contribution >= 4 is 5.97 Å². The summed E-state index contributed by atoms with van der Waals surface area (Å²) in [5, 5.41) is 12.1. The Hall–Kier alpha value is -1.42. The number of carboxylic acid groups (broad SMARTS) is 1. The van der Waals surface area contributed by atoms with E-state index >= 15 is 0 Å². The fraction of sp³-hybridized carbons (Fsp3) is 0.455. The summed E-state index contributed by atoms with van der Waals surface area (Å²) < 4.78 is 0. The van der Waals surface area contributed by atoms with Gasteiger partial charge in [0.05, 0.1) is 5.92 Å². The van der Waals surface area contributed by atoms with Gasteiger partial charge in [-0.25, -0.2) is 0 Å². The van der Waals surface area contributed by atoms with Crippen LogP contribution in [0.2, 0.25) is 0 Å². The van der Waals surface area contributed by atoms with E-state index in [4.69, 9.17) is 5.11 Å². The molecule has 0 saturated carbocycles. The van der Waals surface area contributed by atoms with Crippen LogP contribution in [0, 0.1) is 12.8 Å². The number of aromatic nitrogens is 1. The van der Waals surface area contributed by atoms with E-state index in [1.54, 1.807) is 0 Å². The van der Waals surface area contributed by atoms with Gasteiger partial charge in [0.2, 0.25) is 0 Å². The number of nitrogens with one attached hydrogen (secondary N) is 1. The topological polar surface area (TPSA) is 62.2 Å². The van der Waals surface area contributed by atoms with E-state index in [1.807, 2.05) is 25.3 Å². The molecule has 0 radical (unpaired) electrons. The normalized spacial score (nSPS) is 25.4. The second-order valence-corrected chi connectivity index (χ2v) is 3.96. The molecule has 0 bridgehead atoms. The van der Waals surface area contributed by atoms with Crippen LogP contribution in [-0.2, 0) is 4.79 Å². The molecule has 2 heterocycles. The first-order chi connectivity index (χ1) is 7.16. The van der Waals surface area contributed by atoms with Gasteiger partial charge in [0.25, 0.3) is 0 Å². The fourth-order valence-corrected chi connectivity index (χ4v) is 1.86. The summed E-state index contributed by atoms with van der Waals surface area (Å²) in [6.45, 7) is 2.49. The SMILES string of the molecule is Cc1ccc(C2CC(C(=O)O)CN2)cn1. The molecule has 15 heavy (non-hydrogen) atoms. The molecule has 4 nitrogen and oxygen atoms in total. The van der Waals surface area contributed by atoms with E-state index in [1.165, 1.54) is 0 Å². The first kappa shape index (κ1) is 10.1. The van der Waals surface area contributed by atoms with E-state index in [0.717, 1.165) is 11.3 Å². The lowest BCUT2D eigenvalue weighted by Crippen LogP contribution is -2.17. The minimum Gasteiger partial charge on any atom is -0.481 e. The largest absolute Gasteiger partial charge is 0.481 e. The van der Waals surface area contributed by atoms with E-state index < -0.39 is 5.97 Å². The number of hydrogen-bond donors (Lipinski definition) is 2. The number of aryl methyl sites for hydroxylation is 1. The van der Waals surface area contributed by atoms with Gasteiger partial charge in [-0.1, -0.05) is 6.07 Å². The molecule has 1 saturated heterocycles. The number of carbonyl (C=O) groups is 1. The van der Waals surface area contributed by atoms with Crippen LogP contribution in [0.5, 0.6) is 0 Å². The number of carboxylic acids is 1. The lowest BCUT2D eigenvalue weighted by atomic mass is 10.0. The zero-order valence-corrected chi connectivity index (χ0v) is 8.60. The molecule has 2 atom stereocenters. The molecule has 0 spiro atoms. The molecular formula is C11H14N2O2. The number of nitrogens with zero attached hydrogens (tertiary/aromatic N) is 1. The number of aliphatic carboxylic acids is 1. The maximum atomic E-state index is 10.8. The Labute approximate surface area is 88.3 Å². The molecule has 0 aliphatic carbocycles. The van der Waals surface area contributed by atoms with Gasteiger partial charge in [0.1, 0.15) is 0 Å². The van der Waals surface area contributed by atoms with Crippen LogP contribution in [0.4, 0.5) is 0 Å². The Bertz CT molecular complexity index is 361. The molecule has 2 N–H and O–H groups in total. The minimum absolute atomic E-state index is 0.138. The summed E-state index contributed by atoms with van der Waals surface area (Å²) in [6.07, 6.45) is 2.47. The van der Waals surface area contributed by atoms with Gasteiger partial charge in [0.15, 0.2) is 0 Å². The highest BCUT2D eigenvalue weighted by molar-refractivity contribution is 5.70. The molecule has 1 aliphatic rings. The molecule has 1 fully saturated rings. The van der Waals surface area contributed by atoms with Crippen LogP contribution in [0.3, 0.4) is 0 Å². The zero-order chi connectivity index (χ0) is 10.8. The second-order valence-electron chi connectivity index (χ2n) is 3.96.